The topological polar surface area (TPSA) is 73.5 Å². The maximum absolute atomic E-state index is 13.4. The maximum atomic E-state index is 13.4. The number of hydrogen-bond donors (Lipinski definition) is 0. The normalized spacial score (nSPS) is 11.7. The van der Waals surface area contributed by atoms with Crippen molar-refractivity contribution in [1.82, 2.24) is 9.66 Å². The third kappa shape index (κ3) is 4.39. The number of hydrogen-bond acceptors (Lipinski definition) is 6. The molecule has 6 aromatic rings. The minimum Gasteiger partial charge on any atom is -0.453 e. The van der Waals surface area contributed by atoms with Gasteiger partial charge in [-0.05, 0) is 64.5 Å². The molecule has 0 spiro atoms. The van der Waals surface area contributed by atoms with Crippen LogP contribution in [0.25, 0.3) is 33.5 Å². The first kappa shape index (κ1) is 22.8. The van der Waals surface area contributed by atoms with Gasteiger partial charge in [0.1, 0.15) is 11.3 Å². The second kappa shape index (κ2) is 9.46. The van der Waals surface area contributed by atoms with Gasteiger partial charge in [-0.1, -0.05) is 53.7 Å². The highest BCUT2D eigenvalue weighted by atomic mass is 79.9. The van der Waals surface area contributed by atoms with Gasteiger partial charge in [-0.15, -0.1) is 0 Å². The van der Waals surface area contributed by atoms with Gasteiger partial charge >= 0.3 is 0 Å². The lowest BCUT2D eigenvalue weighted by Gasteiger charge is -2.06. The van der Waals surface area contributed by atoms with Gasteiger partial charge in [-0.3, -0.25) is 4.79 Å². The standard InChI is InChI=1S/C27H15BrClN3O3S/c28-21-14-18(34-27(21)36-19-11-9-17(29)10-12-19)15-30-32-25(24-13-16-5-1-4-8-23(16)35-24)31-22-7-3-2-6-20(22)26(32)33/h1-15H. The van der Waals surface area contributed by atoms with Gasteiger partial charge in [0.05, 0.1) is 21.6 Å². The van der Waals surface area contributed by atoms with Crippen LogP contribution in [0.4, 0.5) is 0 Å². The number of aromatic nitrogens is 2. The minimum atomic E-state index is -0.311. The van der Waals surface area contributed by atoms with E-state index in [4.69, 9.17) is 25.4 Å². The van der Waals surface area contributed by atoms with Gasteiger partial charge in [0.25, 0.3) is 5.56 Å². The fraction of sp³-hybridized carbons (Fsp3) is 0. The number of furan rings is 2. The summed E-state index contributed by atoms with van der Waals surface area (Å²) < 4.78 is 14.0. The highest BCUT2D eigenvalue weighted by Crippen LogP contribution is 2.36. The number of nitrogens with zero attached hydrogens (tertiary/aromatic N) is 3. The van der Waals surface area contributed by atoms with E-state index in [1.807, 2.05) is 60.7 Å². The fourth-order valence-corrected chi connectivity index (χ4v) is 5.16. The van der Waals surface area contributed by atoms with Crippen molar-refractivity contribution in [2.24, 2.45) is 5.10 Å². The van der Waals surface area contributed by atoms with Crippen LogP contribution < -0.4 is 5.56 Å². The van der Waals surface area contributed by atoms with Crippen LogP contribution in [-0.2, 0) is 0 Å². The molecule has 0 aliphatic rings. The summed E-state index contributed by atoms with van der Waals surface area (Å²) in [6.45, 7) is 0. The molecule has 0 saturated carbocycles. The molecule has 0 unspecified atom stereocenters. The predicted octanol–water partition coefficient (Wildman–Crippen LogP) is 7.85. The van der Waals surface area contributed by atoms with E-state index in [0.717, 1.165) is 14.8 Å². The second-order valence-electron chi connectivity index (χ2n) is 7.80. The predicted molar refractivity (Wildman–Crippen MR) is 146 cm³/mol. The molecule has 0 aliphatic carbocycles. The summed E-state index contributed by atoms with van der Waals surface area (Å²) in [7, 11) is 0. The molecule has 0 amide bonds. The number of rotatable bonds is 5. The number of halogens is 2. The van der Waals surface area contributed by atoms with E-state index < -0.39 is 0 Å². The molecule has 0 N–H and O–H groups in total. The Labute approximate surface area is 222 Å². The molecule has 0 saturated heterocycles. The van der Waals surface area contributed by atoms with Crippen molar-refractivity contribution in [3.63, 3.8) is 0 Å². The molecule has 0 atom stereocenters. The van der Waals surface area contributed by atoms with Crippen LogP contribution in [0, 0.1) is 0 Å². The van der Waals surface area contributed by atoms with Crippen LogP contribution in [0.2, 0.25) is 5.02 Å². The largest absolute Gasteiger partial charge is 0.453 e. The van der Waals surface area contributed by atoms with E-state index in [9.17, 15) is 4.79 Å². The lowest BCUT2D eigenvalue weighted by molar-refractivity contribution is 0.465. The lowest BCUT2D eigenvalue weighted by Crippen LogP contribution is -2.20. The molecule has 9 heteroatoms. The highest BCUT2D eigenvalue weighted by molar-refractivity contribution is 9.10. The van der Waals surface area contributed by atoms with Crippen molar-refractivity contribution in [3.05, 3.63) is 111 Å². The zero-order valence-electron chi connectivity index (χ0n) is 18.4. The zero-order chi connectivity index (χ0) is 24.6. The molecular formula is C27H15BrClN3O3S. The summed E-state index contributed by atoms with van der Waals surface area (Å²) in [6.07, 6.45) is 1.49. The summed E-state index contributed by atoms with van der Waals surface area (Å²) >= 11 is 11.0. The molecule has 176 valence electrons. The summed E-state index contributed by atoms with van der Waals surface area (Å²) in [5.41, 5.74) is 0.949. The van der Waals surface area contributed by atoms with Gasteiger partial charge in [0, 0.05) is 21.4 Å². The number of para-hydroxylation sites is 2. The number of fused-ring (bicyclic) bond motifs is 2. The van der Waals surface area contributed by atoms with Crippen molar-refractivity contribution in [2.75, 3.05) is 0 Å². The van der Waals surface area contributed by atoms with E-state index in [-0.39, 0.29) is 5.56 Å². The van der Waals surface area contributed by atoms with Crippen molar-refractivity contribution in [3.8, 4) is 11.6 Å². The van der Waals surface area contributed by atoms with Crippen LogP contribution in [-0.4, -0.2) is 15.9 Å². The first-order valence-corrected chi connectivity index (χ1v) is 12.8. The Hall–Kier alpha value is -3.59. The molecule has 0 bridgehead atoms. The average molecular weight is 577 g/mol. The lowest BCUT2D eigenvalue weighted by atomic mass is 10.2. The third-order valence-electron chi connectivity index (χ3n) is 5.40. The van der Waals surface area contributed by atoms with Gasteiger partial charge in [-0.25, -0.2) is 4.98 Å². The minimum absolute atomic E-state index is 0.299. The van der Waals surface area contributed by atoms with Gasteiger partial charge in [0.2, 0.25) is 5.82 Å². The van der Waals surface area contributed by atoms with Crippen LogP contribution in [0.5, 0.6) is 0 Å². The molecule has 0 fully saturated rings. The Morgan fingerprint density at radius 1 is 0.972 bits per heavy atom. The molecular weight excluding hydrogens is 562 g/mol. The Balaban J connectivity index is 1.42. The Morgan fingerprint density at radius 2 is 1.75 bits per heavy atom. The summed E-state index contributed by atoms with van der Waals surface area (Å²) in [4.78, 5) is 19.1. The summed E-state index contributed by atoms with van der Waals surface area (Å²) in [5.74, 6) is 1.21. The molecule has 6 nitrogen and oxygen atoms in total. The molecule has 3 heterocycles. The van der Waals surface area contributed by atoms with Crippen molar-refractivity contribution < 1.29 is 8.83 Å². The van der Waals surface area contributed by atoms with Crippen molar-refractivity contribution >= 4 is 67.4 Å². The monoisotopic (exact) mass is 575 g/mol. The van der Waals surface area contributed by atoms with Gasteiger partial charge in [0.15, 0.2) is 10.9 Å². The SMILES string of the molecule is O=c1c2ccccc2nc(-c2cc3ccccc3o2)n1N=Cc1cc(Br)c(Sc2ccc(Cl)cc2)o1. The fourth-order valence-electron chi connectivity index (χ4n) is 3.71. The first-order chi connectivity index (χ1) is 17.5. The third-order valence-corrected chi connectivity index (χ3v) is 7.50. The van der Waals surface area contributed by atoms with E-state index in [1.54, 1.807) is 24.3 Å². The Kier molecular flexibility index (Phi) is 6.00. The van der Waals surface area contributed by atoms with Crippen LogP contribution in [0.3, 0.4) is 0 Å². The Bertz CT molecular complexity index is 1790. The highest BCUT2D eigenvalue weighted by Gasteiger charge is 2.17. The molecule has 36 heavy (non-hydrogen) atoms. The van der Waals surface area contributed by atoms with Crippen LogP contribution in [0.1, 0.15) is 5.76 Å². The second-order valence-corrected chi connectivity index (χ2v) is 10.1. The van der Waals surface area contributed by atoms with Gasteiger partial charge in [-0.2, -0.15) is 9.78 Å². The van der Waals surface area contributed by atoms with Crippen LogP contribution in [0.15, 0.2) is 118 Å². The van der Waals surface area contributed by atoms with Crippen molar-refractivity contribution in [1.29, 1.82) is 0 Å². The molecule has 0 aliphatic heterocycles. The molecule has 0 radical (unpaired) electrons. The maximum Gasteiger partial charge on any atom is 0.282 e. The quantitative estimate of drug-likeness (QED) is 0.195. The van der Waals surface area contributed by atoms with E-state index in [2.05, 4.69) is 21.0 Å². The molecule has 6 rings (SSSR count). The smallest absolute Gasteiger partial charge is 0.282 e. The first-order valence-electron chi connectivity index (χ1n) is 10.8. The molecule has 3 aromatic carbocycles. The van der Waals surface area contributed by atoms with E-state index >= 15 is 0 Å². The van der Waals surface area contributed by atoms with E-state index in [0.29, 0.717) is 43.9 Å². The summed E-state index contributed by atoms with van der Waals surface area (Å²) in [5, 5.41) is 7.14. The zero-order valence-corrected chi connectivity index (χ0v) is 21.5. The summed E-state index contributed by atoms with van der Waals surface area (Å²) in [6, 6.07) is 25.9. The molecule has 3 aromatic heterocycles. The van der Waals surface area contributed by atoms with Crippen LogP contribution >= 0.6 is 39.3 Å². The average Bonchev–Trinajstić information content (AvgIpc) is 3.48. The van der Waals surface area contributed by atoms with Crippen molar-refractivity contribution in [2.45, 2.75) is 9.99 Å². The number of benzene rings is 3. The van der Waals surface area contributed by atoms with Gasteiger partial charge < -0.3 is 8.83 Å². The Morgan fingerprint density at radius 3 is 2.58 bits per heavy atom. The van der Waals surface area contributed by atoms with E-state index in [1.165, 1.54) is 22.7 Å².